The third-order valence-corrected chi connectivity index (χ3v) is 3.59. The predicted molar refractivity (Wildman–Crippen MR) is 85.6 cm³/mol. The number of benzene rings is 2. The fourth-order valence-electron chi connectivity index (χ4n) is 2.12. The monoisotopic (exact) mass is 335 g/mol. The third kappa shape index (κ3) is 3.45. The molecule has 0 fully saturated rings. The van der Waals surface area contributed by atoms with E-state index in [9.17, 15) is 5.11 Å². The molecule has 4 heteroatoms. The molecule has 2 aromatic rings. The summed E-state index contributed by atoms with van der Waals surface area (Å²) in [6, 6.07) is 11.7. The second-order valence-electron chi connectivity index (χ2n) is 4.81. The maximum absolute atomic E-state index is 9.63. The number of aryl methyl sites for hydroxylation is 1. The number of anilines is 1. The number of phenolic OH excluding ortho intramolecular Hbond substituents is 1. The summed E-state index contributed by atoms with van der Waals surface area (Å²) in [4.78, 5) is 0. The number of hydrogen-bond acceptors (Lipinski definition) is 3. The van der Waals surface area contributed by atoms with Crippen molar-refractivity contribution in [2.45, 2.75) is 19.9 Å². The second kappa shape index (κ2) is 6.18. The Bertz CT molecular complexity index is 593. The van der Waals surface area contributed by atoms with E-state index in [4.69, 9.17) is 4.74 Å². The third-order valence-electron chi connectivity index (χ3n) is 3.13. The summed E-state index contributed by atoms with van der Waals surface area (Å²) in [7, 11) is 1.55. The van der Waals surface area contributed by atoms with Gasteiger partial charge in [-0.15, -0.1) is 0 Å². The first-order valence-electron chi connectivity index (χ1n) is 6.40. The van der Waals surface area contributed by atoms with Crippen molar-refractivity contribution in [3.05, 3.63) is 52.0 Å². The van der Waals surface area contributed by atoms with Crippen LogP contribution in [0.4, 0.5) is 5.69 Å². The van der Waals surface area contributed by atoms with Gasteiger partial charge in [0.2, 0.25) is 0 Å². The smallest absolute Gasteiger partial charge is 0.160 e. The molecule has 106 valence electrons. The molecule has 0 aliphatic heterocycles. The molecule has 0 spiro atoms. The van der Waals surface area contributed by atoms with Crippen LogP contribution < -0.4 is 10.1 Å². The molecule has 3 nitrogen and oxygen atoms in total. The van der Waals surface area contributed by atoms with Crippen LogP contribution in [-0.4, -0.2) is 12.2 Å². The summed E-state index contributed by atoms with van der Waals surface area (Å²) in [6.07, 6.45) is 0. The van der Waals surface area contributed by atoms with E-state index in [1.54, 1.807) is 13.2 Å². The molecule has 0 saturated carbocycles. The first-order valence-corrected chi connectivity index (χ1v) is 7.19. The van der Waals surface area contributed by atoms with E-state index in [0.717, 1.165) is 15.7 Å². The lowest BCUT2D eigenvalue weighted by atomic mass is 10.1. The fourth-order valence-corrected chi connectivity index (χ4v) is 2.72. The zero-order valence-corrected chi connectivity index (χ0v) is 13.4. The number of rotatable bonds is 4. The predicted octanol–water partition coefficient (Wildman–Crippen LogP) is 4.64. The SMILES string of the molecule is COc1cc(C(C)Nc2cc(C)cc(Br)c2)ccc1O. The topological polar surface area (TPSA) is 41.5 Å². The van der Waals surface area contributed by atoms with Crippen molar-refractivity contribution in [2.75, 3.05) is 12.4 Å². The van der Waals surface area contributed by atoms with Gasteiger partial charge in [0.25, 0.3) is 0 Å². The number of methoxy groups -OCH3 is 1. The highest BCUT2D eigenvalue weighted by Crippen LogP contribution is 2.30. The van der Waals surface area contributed by atoms with Crippen LogP contribution in [0.25, 0.3) is 0 Å². The highest BCUT2D eigenvalue weighted by atomic mass is 79.9. The Morgan fingerprint density at radius 1 is 1.20 bits per heavy atom. The summed E-state index contributed by atoms with van der Waals surface area (Å²) in [5, 5.41) is 13.1. The Morgan fingerprint density at radius 2 is 1.95 bits per heavy atom. The molecule has 0 aliphatic carbocycles. The van der Waals surface area contributed by atoms with Gasteiger partial charge >= 0.3 is 0 Å². The van der Waals surface area contributed by atoms with Gasteiger partial charge in [-0.2, -0.15) is 0 Å². The van der Waals surface area contributed by atoms with Crippen molar-refractivity contribution >= 4 is 21.6 Å². The number of phenols is 1. The van der Waals surface area contributed by atoms with Crippen LogP contribution in [0.5, 0.6) is 11.5 Å². The molecule has 0 radical (unpaired) electrons. The molecular weight excluding hydrogens is 318 g/mol. The molecule has 0 aromatic heterocycles. The van der Waals surface area contributed by atoms with Crippen LogP contribution in [0.2, 0.25) is 0 Å². The molecule has 1 atom stereocenters. The fraction of sp³-hybridized carbons (Fsp3) is 0.250. The Balaban J connectivity index is 2.21. The largest absolute Gasteiger partial charge is 0.504 e. The average Bonchev–Trinajstić information content (AvgIpc) is 2.37. The van der Waals surface area contributed by atoms with E-state index >= 15 is 0 Å². The second-order valence-corrected chi connectivity index (χ2v) is 5.73. The number of hydrogen-bond donors (Lipinski definition) is 2. The molecule has 2 N–H and O–H groups in total. The van der Waals surface area contributed by atoms with Crippen molar-refractivity contribution in [2.24, 2.45) is 0 Å². The molecule has 2 aromatic carbocycles. The number of halogens is 1. The van der Waals surface area contributed by atoms with E-state index in [2.05, 4.69) is 47.2 Å². The highest BCUT2D eigenvalue weighted by Gasteiger charge is 2.09. The molecule has 0 saturated heterocycles. The zero-order chi connectivity index (χ0) is 14.7. The van der Waals surface area contributed by atoms with Gasteiger partial charge in [-0.25, -0.2) is 0 Å². The standard InChI is InChI=1S/C16H18BrNO2/c1-10-6-13(17)9-14(7-10)18-11(2)12-4-5-15(19)16(8-12)20-3/h4-9,11,18-19H,1-3H3. The number of ether oxygens (including phenoxy) is 1. The van der Waals surface area contributed by atoms with Gasteiger partial charge in [-0.05, 0) is 55.3 Å². The van der Waals surface area contributed by atoms with Gasteiger partial charge in [-0.3, -0.25) is 0 Å². The minimum absolute atomic E-state index is 0.109. The summed E-state index contributed by atoms with van der Waals surface area (Å²) >= 11 is 3.50. The maximum Gasteiger partial charge on any atom is 0.160 e. The molecule has 1 unspecified atom stereocenters. The van der Waals surface area contributed by atoms with Crippen LogP contribution >= 0.6 is 15.9 Å². The van der Waals surface area contributed by atoms with Crippen LogP contribution in [0.1, 0.15) is 24.1 Å². The van der Waals surface area contributed by atoms with Gasteiger partial charge in [0, 0.05) is 16.2 Å². The minimum atomic E-state index is 0.109. The van der Waals surface area contributed by atoms with Crippen molar-refractivity contribution in [1.29, 1.82) is 0 Å². The van der Waals surface area contributed by atoms with E-state index in [1.807, 2.05) is 18.2 Å². The Hall–Kier alpha value is -1.68. The molecular formula is C16H18BrNO2. The molecule has 0 bridgehead atoms. The lowest BCUT2D eigenvalue weighted by molar-refractivity contribution is 0.373. The molecule has 20 heavy (non-hydrogen) atoms. The highest BCUT2D eigenvalue weighted by molar-refractivity contribution is 9.10. The maximum atomic E-state index is 9.63. The first kappa shape index (κ1) is 14.7. The van der Waals surface area contributed by atoms with Crippen molar-refractivity contribution in [1.82, 2.24) is 0 Å². The van der Waals surface area contributed by atoms with Gasteiger partial charge in [-0.1, -0.05) is 22.0 Å². The van der Waals surface area contributed by atoms with Gasteiger partial charge in [0.1, 0.15) is 0 Å². The van der Waals surface area contributed by atoms with Gasteiger partial charge in [0.15, 0.2) is 11.5 Å². The summed E-state index contributed by atoms with van der Waals surface area (Å²) in [6.45, 7) is 4.13. The number of aromatic hydroxyl groups is 1. The van der Waals surface area contributed by atoms with Crippen molar-refractivity contribution < 1.29 is 9.84 Å². The van der Waals surface area contributed by atoms with Crippen LogP contribution in [0.15, 0.2) is 40.9 Å². The molecule has 0 aliphatic rings. The van der Waals surface area contributed by atoms with E-state index in [1.165, 1.54) is 5.56 Å². The quantitative estimate of drug-likeness (QED) is 0.854. The lowest BCUT2D eigenvalue weighted by Crippen LogP contribution is -2.07. The van der Waals surface area contributed by atoms with Gasteiger partial charge < -0.3 is 15.2 Å². The summed E-state index contributed by atoms with van der Waals surface area (Å²) < 4.78 is 6.19. The van der Waals surface area contributed by atoms with E-state index < -0.39 is 0 Å². The Kier molecular flexibility index (Phi) is 4.55. The Labute approximate surface area is 127 Å². The number of nitrogens with one attached hydrogen (secondary N) is 1. The molecule has 0 heterocycles. The van der Waals surface area contributed by atoms with Crippen LogP contribution in [0, 0.1) is 6.92 Å². The summed E-state index contributed by atoms with van der Waals surface area (Å²) in [5.74, 6) is 0.642. The van der Waals surface area contributed by atoms with Crippen LogP contribution in [0.3, 0.4) is 0 Å². The summed E-state index contributed by atoms with van der Waals surface area (Å²) in [5.41, 5.74) is 3.30. The van der Waals surface area contributed by atoms with Crippen LogP contribution in [-0.2, 0) is 0 Å². The average molecular weight is 336 g/mol. The normalized spacial score (nSPS) is 12.0. The Morgan fingerprint density at radius 3 is 2.60 bits per heavy atom. The minimum Gasteiger partial charge on any atom is -0.504 e. The first-order chi connectivity index (χ1) is 9.49. The van der Waals surface area contributed by atoms with Gasteiger partial charge in [0.05, 0.1) is 7.11 Å². The van der Waals surface area contributed by atoms with Crippen molar-refractivity contribution in [3.8, 4) is 11.5 Å². The lowest BCUT2D eigenvalue weighted by Gasteiger charge is -2.17. The van der Waals surface area contributed by atoms with E-state index in [-0.39, 0.29) is 11.8 Å². The molecule has 0 amide bonds. The molecule has 2 rings (SSSR count). The van der Waals surface area contributed by atoms with Crippen molar-refractivity contribution in [3.63, 3.8) is 0 Å². The zero-order valence-electron chi connectivity index (χ0n) is 11.8. The van der Waals surface area contributed by atoms with E-state index in [0.29, 0.717) is 5.75 Å².